The Morgan fingerprint density at radius 1 is 1.46 bits per heavy atom. The lowest BCUT2D eigenvalue weighted by Crippen LogP contribution is -2.08. The summed E-state index contributed by atoms with van der Waals surface area (Å²) in [6.07, 6.45) is 5.46. The van der Waals surface area contributed by atoms with Gasteiger partial charge in [0.1, 0.15) is 0 Å². The maximum Gasteiger partial charge on any atom is 0.263 e. The minimum atomic E-state index is -2.68. The lowest BCUT2D eigenvalue weighted by atomic mass is 10.0. The average Bonchev–Trinajstić information content (AvgIpc) is 2.67. The van der Waals surface area contributed by atoms with Gasteiger partial charge in [-0.25, -0.2) is 8.78 Å². The second-order valence-electron chi connectivity index (χ2n) is 4.00. The van der Waals surface area contributed by atoms with Crippen molar-refractivity contribution in [3.05, 3.63) is 12.2 Å². The summed E-state index contributed by atoms with van der Waals surface area (Å²) in [4.78, 5) is 0. The van der Waals surface area contributed by atoms with Gasteiger partial charge in [0.15, 0.2) is 0 Å². The summed E-state index contributed by atoms with van der Waals surface area (Å²) < 4.78 is 29.8. The molecule has 1 nitrogen and oxygen atoms in total. The van der Waals surface area contributed by atoms with Crippen molar-refractivity contribution in [1.29, 1.82) is 0 Å². The van der Waals surface area contributed by atoms with Crippen molar-refractivity contribution in [2.75, 3.05) is 13.7 Å². The Balaban J connectivity index is 2.30. The van der Waals surface area contributed by atoms with Gasteiger partial charge in [-0.05, 0) is 30.8 Å². The van der Waals surface area contributed by atoms with Gasteiger partial charge in [-0.15, -0.1) is 0 Å². The summed E-state index contributed by atoms with van der Waals surface area (Å²) in [5, 5.41) is 0. The first-order valence-corrected chi connectivity index (χ1v) is 4.52. The van der Waals surface area contributed by atoms with Gasteiger partial charge in [-0.2, -0.15) is 0 Å². The number of allylic oxidation sites excluding steroid dienone is 2. The standard InChI is InChI=1S/C10H16F2O/c1-9(11,12)4-3-5-10(6-7-10)8-13-2/h3-4H,5-8H2,1-2H3/b4-3+. The second-order valence-corrected chi connectivity index (χ2v) is 4.00. The van der Waals surface area contributed by atoms with Gasteiger partial charge in [0.05, 0.1) is 6.61 Å². The van der Waals surface area contributed by atoms with E-state index in [1.165, 1.54) is 0 Å². The molecule has 0 heterocycles. The predicted molar refractivity (Wildman–Crippen MR) is 47.9 cm³/mol. The zero-order chi connectivity index (χ0) is 9.95. The zero-order valence-corrected chi connectivity index (χ0v) is 8.15. The van der Waals surface area contributed by atoms with Gasteiger partial charge in [-0.1, -0.05) is 6.08 Å². The molecule has 0 saturated heterocycles. The second kappa shape index (κ2) is 3.74. The molecule has 1 aliphatic rings. The summed E-state index contributed by atoms with van der Waals surface area (Å²) in [6, 6.07) is 0. The molecular weight excluding hydrogens is 174 g/mol. The van der Waals surface area contributed by atoms with Crippen molar-refractivity contribution in [2.24, 2.45) is 5.41 Å². The van der Waals surface area contributed by atoms with Gasteiger partial charge in [-0.3, -0.25) is 0 Å². The van der Waals surface area contributed by atoms with E-state index >= 15 is 0 Å². The van der Waals surface area contributed by atoms with Crippen molar-refractivity contribution in [1.82, 2.24) is 0 Å². The highest BCUT2D eigenvalue weighted by atomic mass is 19.3. The first-order valence-electron chi connectivity index (χ1n) is 4.52. The molecule has 1 aliphatic carbocycles. The van der Waals surface area contributed by atoms with Crippen LogP contribution in [0.5, 0.6) is 0 Å². The first-order chi connectivity index (χ1) is 5.97. The van der Waals surface area contributed by atoms with E-state index in [-0.39, 0.29) is 5.41 Å². The van der Waals surface area contributed by atoms with Crippen LogP contribution in [0.15, 0.2) is 12.2 Å². The van der Waals surface area contributed by atoms with Crippen molar-refractivity contribution in [2.45, 2.75) is 32.1 Å². The zero-order valence-electron chi connectivity index (χ0n) is 8.15. The van der Waals surface area contributed by atoms with Crippen LogP contribution in [-0.4, -0.2) is 19.6 Å². The van der Waals surface area contributed by atoms with Crippen molar-refractivity contribution < 1.29 is 13.5 Å². The van der Waals surface area contributed by atoms with Crippen molar-refractivity contribution in [3.63, 3.8) is 0 Å². The van der Waals surface area contributed by atoms with E-state index in [0.29, 0.717) is 13.0 Å². The van der Waals surface area contributed by atoms with Crippen LogP contribution in [0.4, 0.5) is 8.78 Å². The third kappa shape index (κ3) is 3.85. The van der Waals surface area contributed by atoms with Gasteiger partial charge in [0, 0.05) is 14.0 Å². The van der Waals surface area contributed by atoms with Crippen LogP contribution in [-0.2, 0) is 4.74 Å². The van der Waals surface area contributed by atoms with E-state index < -0.39 is 5.92 Å². The van der Waals surface area contributed by atoms with Gasteiger partial charge < -0.3 is 4.74 Å². The molecule has 0 aliphatic heterocycles. The molecule has 0 spiro atoms. The fourth-order valence-corrected chi connectivity index (χ4v) is 1.41. The molecule has 0 N–H and O–H groups in total. The predicted octanol–water partition coefficient (Wildman–Crippen LogP) is 3.01. The minimum Gasteiger partial charge on any atom is -0.384 e. The molecule has 0 unspecified atom stereocenters. The van der Waals surface area contributed by atoms with Crippen LogP contribution in [0.2, 0.25) is 0 Å². The number of hydrogen-bond donors (Lipinski definition) is 0. The maximum absolute atomic E-state index is 12.4. The molecule has 0 radical (unpaired) electrons. The Hall–Kier alpha value is -0.440. The molecule has 0 aromatic rings. The maximum atomic E-state index is 12.4. The van der Waals surface area contributed by atoms with Crippen LogP contribution >= 0.6 is 0 Å². The number of ether oxygens (including phenoxy) is 1. The van der Waals surface area contributed by atoms with Crippen molar-refractivity contribution in [3.8, 4) is 0 Å². The molecule has 13 heavy (non-hydrogen) atoms. The highest BCUT2D eigenvalue weighted by molar-refractivity contribution is 5.02. The normalized spacial score (nSPS) is 20.9. The fraction of sp³-hybridized carbons (Fsp3) is 0.800. The monoisotopic (exact) mass is 190 g/mol. The van der Waals surface area contributed by atoms with Crippen LogP contribution in [0, 0.1) is 5.41 Å². The topological polar surface area (TPSA) is 9.23 Å². The van der Waals surface area contributed by atoms with E-state index in [1.807, 2.05) is 0 Å². The Bertz CT molecular complexity index is 190. The lowest BCUT2D eigenvalue weighted by molar-refractivity contribution is 0.0766. The largest absolute Gasteiger partial charge is 0.384 e. The smallest absolute Gasteiger partial charge is 0.263 e. The third-order valence-electron chi connectivity index (χ3n) is 2.37. The Morgan fingerprint density at radius 3 is 2.46 bits per heavy atom. The SMILES string of the molecule is COCC1(C/C=C/C(C)(F)F)CC1. The van der Waals surface area contributed by atoms with E-state index in [9.17, 15) is 8.78 Å². The first kappa shape index (κ1) is 10.6. The van der Waals surface area contributed by atoms with E-state index in [4.69, 9.17) is 4.74 Å². The summed E-state index contributed by atoms with van der Waals surface area (Å²) >= 11 is 0. The fourth-order valence-electron chi connectivity index (χ4n) is 1.41. The molecule has 1 saturated carbocycles. The molecule has 0 amide bonds. The van der Waals surface area contributed by atoms with Gasteiger partial charge in [0.2, 0.25) is 0 Å². The van der Waals surface area contributed by atoms with Crippen LogP contribution in [0.1, 0.15) is 26.2 Å². The Morgan fingerprint density at radius 2 is 2.08 bits per heavy atom. The Kier molecular flexibility index (Phi) is 3.06. The molecule has 3 heteroatoms. The highest BCUT2D eigenvalue weighted by Crippen LogP contribution is 2.49. The number of halogens is 2. The molecule has 1 rings (SSSR count). The van der Waals surface area contributed by atoms with E-state index in [2.05, 4.69) is 0 Å². The van der Waals surface area contributed by atoms with E-state index in [1.54, 1.807) is 13.2 Å². The highest BCUT2D eigenvalue weighted by Gasteiger charge is 2.41. The quantitative estimate of drug-likeness (QED) is 0.605. The van der Waals surface area contributed by atoms with Crippen molar-refractivity contribution >= 4 is 0 Å². The lowest BCUT2D eigenvalue weighted by Gasteiger charge is -2.10. The van der Waals surface area contributed by atoms with Crippen LogP contribution in [0.3, 0.4) is 0 Å². The molecular formula is C10H16F2O. The summed E-state index contributed by atoms with van der Waals surface area (Å²) in [6.45, 7) is 1.59. The molecule has 0 aromatic heterocycles. The van der Waals surface area contributed by atoms with Crippen LogP contribution < -0.4 is 0 Å². The number of methoxy groups -OCH3 is 1. The molecule has 0 atom stereocenters. The van der Waals surface area contributed by atoms with Crippen LogP contribution in [0.25, 0.3) is 0 Å². The number of rotatable bonds is 5. The minimum absolute atomic E-state index is 0.177. The number of hydrogen-bond acceptors (Lipinski definition) is 1. The third-order valence-corrected chi connectivity index (χ3v) is 2.37. The molecule has 76 valence electrons. The molecule has 0 aromatic carbocycles. The molecule has 1 fully saturated rings. The molecule has 0 bridgehead atoms. The van der Waals surface area contributed by atoms with E-state index in [0.717, 1.165) is 25.8 Å². The van der Waals surface area contributed by atoms with Gasteiger partial charge >= 0.3 is 0 Å². The summed E-state index contributed by atoms with van der Waals surface area (Å²) in [5.74, 6) is -2.68. The Labute approximate surface area is 77.8 Å². The summed E-state index contributed by atoms with van der Waals surface area (Å²) in [7, 11) is 1.65. The average molecular weight is 190 g/mol. The van der Waals surface area contributed by atoms with Gasteiger partial charge in [0.25, 0.3) is 5.92 Å². The number of alkyl halides is 2. The summed E-state index contributed by atoms with van der Waals surface area (Å²) in [5.41, 5.74) is 0.177.